The largest absolute Gasteiger partial charge is 0.376 e. The van der Waals surface area contributed by atoms with E-state index in [1.165, 1.54) is 0 Å². The van der Waals surface area contributed by atoms with Crippen LogP contribution in [0.3, 0.4) is 0 Å². The van der Waals surface area contributed by atoms with Crippen molar-refractivity contribution in [2.24, 2.45) is 0 Å². The Morgan fingerprint density at radius 3 is 2.81 bits per heavy atom. The van der Waals surface area contributed by atoms with Crippen molar-refractivity contribution in [2.45, 2.75) is 45.3 Å². The Morgan fingerprint density at radius 1 is 1.50 bits per heavy atom. The molecule has 0 spiro atoms. The van der Waals surface area contributed by atoms with Crippen molar-refractivity contribution in [3.05, 3.63) is 0 Å². The van der Waals surface area contributed by atoms with Crippen LogP contribution in [0.2, 0.25) is 0 Å². The highest BCUT2D eigenvalue weighted by atomic mass is 16.5. The summed E-state index contributed by atoms with van der Waals surface area (Å²) >= 11 is 0. The molecule has 2 N–H and O–H groups in total. The molecule has 0 aromatic heterocycles. The van der Waals surface area contributed by atoms with Gasteiger partial charge in [0, 0.05) is 19.6 Å². The smallest absolute Gasteiger partial charge is 0.242 e. The lowest BCUT2D eigenvalue weighted by atomic mass is 10.2. The second kappa shape index (κ2) is 6.48. The van der Waals surface area contributed by atoms with Crippen LogP contribution in [-0.4, -0.2) is 37.1 Å². The molecule has 92 valence electrons. The van der Waals surface area contributed by atoms with Gasteiger partial charge in [0.1, 0.15) is 6.04 Å². The number of carbonyl (C=O) groups excluding carboxylic acids is 2. The molecule has 0 unspecified atom stereocenters. The standard InChI is InChI=1S/C11H20N2O3/c1-3-10(14)13-8(2)11(15)12-7-9-5-4-6-16-9/h8-9H,3-7H2,1-2H3,(H,12,15)(H,13,14)/t8-,9-/m0/s1. The molecule has 1 saturated heterocycles. The number of ether oxygens (including phenoxy) is 1. The molecule has 5 heteroatoms. The van der Waals surface area contributed by atoms with Gasteiger partial charge in [0.05, 0.1) is 6.10 Å². The molecule has 0 aliphatic carbocycles. The summed E-state index contributed by atoms with van der Waals surface area (Å²) in [6.45, 7) is 4.75. The first kappa shape index (κ1) is 13.0. The van der Waals surface area contributed by atoms with Crippen LogP contribution in [0.5, 0.6) is 0 Å². The molecule has 1 aliphatic heterocycles. The fraction of sp³-hybridized carbons (Fsp3) is 0.818. The summed E-state index contributed by atoms with van der Waals surface area (Å²) in [7, 11) is 0. The fourth-order valence-corrected chi connectivity index (χ4v) is 1.58. The molecule has 1 rings (SSSR count). The first-order chi connectivity index (χ1) is 7.63. The average Bonchev–Trinajstić information content (AvgIpc) is 2.78. The van der Waals surface area contributed by atoms with Crippen molar-refractivity contribution < 1.29 is 14.3 Å². The lowest BCUT2D eigenvalue weighted by Gasteiger charge is -2.15. The second-order valence-electron chi connectivity index (χ2n) is 4.02. The highest BCUT2D eigenvalue weighted by Crippen LogP contribution is 2.10. The number of hydrogen-bond donors (Lipinski definition) is 2. The van der Waals surface area contributed by atoms with Crippen molar-refractivity contribution in [1.82, 2.24) is 10.6 Å². The van der Waals surface area contributed by atoms with Gasteiger partial charge in [-0.25, -0.2) is 0 Å². The van der Waals surface area contributed by atoms with E-state index in [4.69, 9.17) is 4.74 Å². The van der Waals surface area contributed by atoms with E-state index in [0.717, 1.165) is 19.4 Å². The van der Waals surface area contributed by atoms with Crippen molar-refractivity contribution in [3.63, 3.8) is 0 Å². The zero-order valence-electron chi connectivity index (χ0n) is 9.91. The number of rotatable bonds is 5. The van der Waals surface area contributed by atoms with Crippen molar-refractivity contribution in [1.29, 1.82) is 0 Å². The van der Waals surface area contributed by atoms with E-state index in [1.54, 1.807) is 13.8 Å². The highest BCUT2D eigenvalue weighted by molar-refractivity contribution is 5.87. The maximum Gasteiger partial charge on any atom is 0.242 e. The second-order valence-corrected chi connectivity index (χ2v) is 4.02. The van der Waals surface area contributed by atoms with Crippen LogP contribution >= 0.6 is 0 Å². The van der Waals surface area contributed by atoms with E-state index in [-0.39, 0.29) is 17.9 Å². The zero-order chi connectivity index (χ0) is 12.0. The average molecular weight is 228 g/mol. The van der Waals surface area contributed by atoms with Crippen LogP contribution in [0.4, 0.5) is 0 Å². The molecule has 5 nitrogen and oxygen atoms in total. The Hall–Kier alpha value is -1.10. The zero-order valence-corrected chi connectivity index (χ0v) is 9.91. The van der Waals surface area contributed by atoms with Crippen molar-refractivity contribution in [3.8, 4) is 0 Å². The minimum Gasteiger partial charge on any atom is -0.376 e. The quantitative estimate of drug-likeness (QED) is 0.706. The summed E-state index contributed by atoms with van der Waals surface area (Å²) in [4.78, 5) is 22.6. The Kier molecular flexibility index (Phi) is 5.25. The number of hydrogen-bond acceptors (Lipinski definition) is 3. The van der Waals surface area contributed by atoms with Gasteiger partial charge in [0.2, 0.25) is 11.8 Å². The van der Waals surface area contributed by atoms with Gasteiger partial charge >= 0.3 is 0 Å². The monoisotopic (exact) mass is 228 g/mol. The minimum absolute atomic E-state index is 0.111. The molecule has 1 aliphatic rings. The van der Waals surface area contributed by atoms with Gasteiger partial charge in [-0.2, -0.15) is 0 Å². The molecule has 0 saturated carbocycles. The molecule has 1 heterocycles. The molecule has 1 fully saturated rings. The molecular formula is C11H20N2O3. The Labute approximate surface area is 95.9 Å². The molecule has 0 aromatic rings. The van der Waals surface area contributed by atoms with Crippen molar-refractivity contribution >= 4 is 11.8 Å². The number of amides is 2. The maximum absolute atomic E-state index is 11.6. The lowest BCUT2D eigenvalue weighted by molar-refractivity contribution is -0.128. The van der Waals surface area contributed by atoms with E-state index >= 15 is 0 Å². The number of nitrogens with one attached hydrogen (secondary N) is 2. The van der Waals surface area contributed by atoms with E-state index in [9.17, 15) is 9.59 Å². The molecule has 2 amide bonds. The van der Waals surface area contributed by atoms with Gasteiger partial charge in [-0.3, -0.25) is 9.59 Å². The fourth-order valence-electron chi connectivity index (χ4n) is 1.58. The summed E-state index contributed by atoms with van der Waals surface area (Å²) in [6, 6.07) is -0.478. The van der Waals surface area contributed by atoms with Gasteiger partial charge in [-0.15, -0.1) is 0 Å². The number of carbonyl (C=O) groups is 2. The minimum atomic E-state index is -0.478. The predicted molar refractivity (Wildman–Crippen MR) is 59.9 cm³/mol. The molecular weight excluding hydrogens is 208 g/mol. The van der Waals surface area contributed by atoms with E-state index in [0.29, 0.717) is 13.0 Å². The van der Waals surface area contributed by atoms with Gasteiger partial charge in [-0.1, -0.05) is 6.92 Å². The third-order valence-electron chi connectivity index (χ3n) is 2.62. The normalized spacial score (nSPS) is 21.5. The van der Waals surface area contributed by atoms with Crippen LogP contribution in [0.1, 0.15) is 33.1 Å². The maximum atomic E-state index is 11.6. The Morgan fingerprint density at radius 2 is 2.25 bits per heavy atom. The van der Waals surface area contributed by atoms with Gasteiger partial charge in [-0.05, 0) is 19.8 Å². The van der Waals surface area contributed by atoms with Gasteiger partial charge in [0.25, 0.3) is 0 Å². The summed E-state index contributed by atoms with van der Waals surface area (Å²) in [5, 5.41) is 5.39. The van der Waals surface area contributed by atoms with E-state index < -0.39 is 6.04 Å². The summed E-state index contributed by atoms with van der Waals surface area (Å²) in [6.07, 6.45) is 2.58. The Bertz CT molecular complexity index is 250. The third-order valence-corrected chi connectivity index (χ3v) is 2.62. The lowest BCUT2D eigenvalue weighted by Crippen LogP contribution is -2.46. The topological polar surface area (TPSA) is 67.4 Å². The van der Waals surface area contributed by atoms with E-state index in [2.05, 4.69) is 10.6 Å². The first-order valence-corrected chi connectivity index (χ1v) is 5.82. The van der Waals surface area contributed by atoms with Gasteiger partial charge < -0.3 is 15.4 Å². The molecule has 2 atom stereocenters. The summed E-state index contributed by atoms with van der Waals surface area (Å²) < 4.78 is 5.38. The molecule has 0 radical (unpaired) electrons. The first-order valence-electron chi connectivity index (χ1n) is 5.82. The van der Waals surface area contributed by atoms with Crippen LogP contribution in [-0.2, 0) is 14.3 Å². The Balaban J connectivity index is 2.20. The van der Waals surface area contributed by atoms with Crippen molar-refractivity contribution in [2.75, 3.05) is 13.2 Å². The van der Waals surface area contributed by atoms with Crippen LogP contribution in [0.15, 0.2) is 0 Å². The van der Waals surface area contributed by atoms with Gasteiger partial charge in [0.15, 0.2) is 0 Å². The highest BCUT2D eigenvalue weighted by Gasteiger charge is 2.19. The van der Waals surface area contributed by atoms with E-state index in [1.807, 2.05) is 0 Å². The predicted octanol–water partition coefficient (Wildman–Crippen LogP) is 0.196. The van der Waals surface area contributed by atoms with Crippen LogP contribution < -0.4 is 10.6 Å². The third kappa shape index (κ3) is 4.18. The summed E-state index contributed by atoms with van der Waals surface area (Å²) in [5.74, 6) is -0.267. The molecule has 16 heavy (non-hydrogen) atoms. The van der Waals surface area contributed by atoms with Crippen LogP contribution in [0.25, 0.3) is 0 Å². The van der Waals surface area contributed by atoms with Crippen LogP contribution in [0, 0.1) is 0 Å². The molecule has 0 bridgehead atoms. The summed E-state index contributed by atoms with van der Waals surface area (Å²) in [5.41, 5.74) is 0. The SMILES string of the molecule is CCC(=O)N[C@@H](C)C(=O)NC[C@@H]1CCCO1. The molecule has 0 aromatic carbocycles.